The number of ketones is 1. The van der Waals surface area contributed by atoms with Gasteiger partial charge in [0.15, 0.2) is 0 Å². The summed E-state index contributed by atoms with van der Waals surface area (Å²) in [5, 5.41) is 0. The third-order valence-electron chi connectivity index (χ3n) is 3.61. The first-order valence-electron chi connectivity index (χ1n) is 6.17. The highest BCUT2D eigenvalue weighted by Crippen LogP contribution is 2.35. The van der Waals surface area contributed by atoms with Crippen LogP contribution in [0.5, 0.6) is 0 Å². The average molecular weight is 222 g/mol. The lowest BCUT2D eigenvalue weighted by molar-refractivity contribution is -0.126. The summed E-state index contributed by atoms with van der Waals surface area (Å²) >= 11 is 0. The topological polar surface area (TPSA) is 34.1 Å². The molecule has 0 aliphatic heterocycles. The van der Waals surface area contributed by atoms with E-state index in [1.165, 1.54) is 5.57 Å². The molecule has 0 aromatic rings. The van der Waals surface area contributed by atoms with Crippen LogP contribution in [0.2, 0.25) is 0 Å². The van der Waals surface area contributed by atoms with Crippen LogP contribution < -0.4 is 0 Å². The van der Waals surface area contributed by atoms with Gasteiger partial charge in [0.25, 0.3) is 0 Å². The molecule has 0 saturated heterocycles. The van der Waals surface area contributed by atoms with E-state index in [4.69, 9.17) is 0 Å². The largest absolute Gasteiger partial charge is 0.303 e. The van der Waals surface area contributed by atoms with Crippen molar-refractivity contribution in [3.8, 4) is 0 Å². The Morgan fingerprint density at radius 1 is 1.50 bits per heavy atom. The fourth-order valence-electron chi connectivity index (χ4n) is 2.56. The van der Waals surface area contributed by atoms with E-state index in [2.05, 4.69) is 26.8 Å². The van der Waals surface area contributed by atoms with Crippen molar-refractivity contribution in [2.45, 2.75) is 46.5 Å². The summed E-state index contributed by atoms with van der Waals surface area (Å²) in [6.07, 6.45) is 6.72. The van der Waals surface area contributed by atoms with Crippen molar-refractivity contribution in [3.63, 3.8) is 0 Å². The summed E-state index contributed by atoms with van der Waals surface area (Å²) in [5.74, 6) is 0.587. The van der Waals surface area contributed by atoms with Crippen molar-refractivity contribution in [2.24, 2.45) is 17.8 Å². The van der Waals surface area contributed by atoms with Gasteiger partial charge in [0.1, 0.15) is 12.1 Å². The zero-order valence-electron chi connectivity index (χ0n) is 10.5. The molecule has 0 spiro atoms. The molecule has 0 radical (unpaired) electrons. The first kappa shape index (κ1) is 13.1. The van der Waals surface area contributed by atoms with E-state index in [1.54, 1.807) is 0 Å². The Bertz CT molecular complexity index is 287. The molecule has 2 unspecified atom stereocenters. The second-order valence-electron chi connectivity index (χ2n) is 5.17. The van der Waals surface area contributed by atoms with Crippen molar-refractivity contribution in [1.82, 2.24) is 0 Å². The summed E-state index contributed by atoms with van der Waals surface area (Å²) in [4.78, 5) is 22.3. The van der Waals surface area contributed by atoms with Gasteiger partial charge in [0, 0.05) is 6.42 Å². The molecule has 0 bridgehead atoms. The highest BCUT2D eigenvalue weighted by atomic mass is 16.1. The Balaban J connectivity index is 2.47. The molecule has 0 aromatic heterocycles. The van der Waals surface area contributed by atoms with Crippen LogP contribution in [-0.2, 0) is 9.59 Å². The normalized spacial score (nSPS) is 26.6. The fourth-order valence-corrected chi connectivity index (χ4v) is 2.56. The van der Waals surface area contributed by atoms with E-state index < -0.39 is 0 Å². The maximum absolute atomic E-state index is 11.5. The fraction of sp³-hybridized carbons (Fsp3) is 0.714. The third-order valence-corrected chi connectivity index (χ3v) is 3.61. The van der Waals surface area contributed by atoms with Gasteiger partial charge in [-0.1, -0.05) is 18.6 Å². The Morgan fingerprint density at radius 2 is 2.19 bits per heavy atom. The second-order valence-corrected chi connectivity index (χ2v) is 5.17. The number of rotatable bonds is 5. The number of Topliss-reactive ketones (excluding diaryl/α,β-unsaturated/α-hetero) is 1. The molecule has 90 valence electrons. The lowest BCUT2D eigenvalue weighted by Crippen LogP contribution is -2.21. The number of carbonyl (C=O) groups is 2. The molecule has 0 N–H and O–H groups in total. The van der Waals surface area contributed by atoms with Gasteiger partial charge in [-0.3, -0.25) is 4.79 Å². The Hall–Kier alpha value is -0.920. The van der Waals surface area contributed by atoms with Gasteiger partial charge < -0.3 is 4.79 Å². The summed E-state index contributed by atoms with van der Waals surface area (Å²) in [7, 11) is 0. The van der Waals surface area contributed by atoms with Crippen LogP contribution in [0.15, 0.2) is 11.6 Å². The second kappa shape index (κ2) is 5.97. The smallest absolute Gasteiger partial charge is 0.143 e. The van der Waals surface area contributed by atoms with Gasteiger partial charge in [-0.05, 0) is 44.9 Å². The zero-order chi connectivity index (χ0) is 12.1. The summed E-state index contributed by atoms with van der Waals surface area (Å²) in [5.41, 5.74) is 1.33. The molecule has 2 nitrogen and oxygen atoms in total. The van der Waals surface area contributed by atoms with Crippen LogP contribution >= 0.6 is 0 Å². The zero-order valence-corrected chi connectivity index (χ0v) is 10.5. The molecule has 2 heteroatoms. The minimum atomic E-state index is -0.318. The highest BCUT2D eigenvalue weighted by Gasteiger charge is 2.36. The van der Waals surface area contributed by atoms with Gasteiger partial charge in [0.2, 0.25) is 0 Å². The van der Waals surface area contributed by atoms with E-state index in [-0.39, 0.29) is 17.6 Å². The van der Waals surface area contributed by atoms with E-state index in [1.807, 2.05) is 0 Å². The maximum Gasteiger partial charge on any atom is 0.143 e. The van der Waals surface area contributed by atoms with Crippen molar-refractivity contribution in [1.29, 1.82) is 0 Å². The standard InChI is InChI=1S/C14H22O2/c1-10(2)5-4-6-11(3)12-7-8-14(16)13(12)9-15/h5,9,11-13H,4,6-8H2,1-3H3/t11-,12?,13?/m1/s1. The number of carbonyl (C=O) groups excluding carboxylic acids is 2. The molecule has 1 rings (SSSR count). The number of allylic oxidation sites excluding steroid dienone is 2. The molecule has 0 aromatic carbocycles. The summed E-state index contributed by atoms with van der Waals surface area (Å²) in [6, 6.07) is 0. The molecule has 1 fully saturated rings. The SMILES string of the molecule is CC(C)=CCC[C@@H](C)C1CCC(=O)C1C=O. The van der Waals surface area contributed by atoms with Gasteiger partial charge >= 0.3 is 0 Å². The van der Waals surface area contributed by atoms with Crippen LogP contribution in [0.4, 0.5) is 0 Å². The summed E-state index contributed by atoms with van der Waals surface area (Å²) < 4.78 is 0. The summed E-state index contributed by atoms with van der Waals surface area (Å²) in [6.45, 7) is 6.36. The Kier molecular flexibility index (Phi) is 4.91. The molecule has 3 atom stereocenters. The monoisotopic (exact) mass is 222 g/mol. The third kappa shape index (κ3) is 3.29. The molecule has 0 amide bonds. The van der Waals surface area contributed by atoms with Gasteiger partial charge in [0.05, 0.1) is 5.92 Å². The van der Waals surface area contributed by atoms with Crippen LogP contribution in [0.1, 0.15) is 46.5 Å². The average Bonchev–Trinajstić information content (AvgIpc) is 2.58. The first-order chi connectivity index (χ1) is 7.56. The van der Waals surface area contributed by atoms with Crippen molar-refractivity contribution >= 4 is 12.1 Å². The van der Waals surface area contributed by atoms with E-state index >= 15 is 0 Å². The van der Waals surface area contributed by atoms with Crippen LogP contribution in [0, 0.1) is 17.8 Å². The quantitative estimate of drug-likeness (QED) is 0.407. The predicted molar refractivity (Wildman–Crippen MR) is 65.1 cm³/mol. The van der Waals surface area contributed by atoms with E-state index in [0.717, 1.165) is 25.5 Å². The highest BCUT2D eigenvalue weighted by molar-refractivity contribution is 5.95. The van der Waals surface area contributed by atoms with Crippen LogP contribution in [0.3, 0.4) is 0 Å². The molecule has 0 heterocycles. The Labute approximate surface area is 98.1 Å². The minimum absolute atomic E-state index is 0.147. The molecular weight excluding hydrogens is 200 g/mol. The molecule has 16 heavy (non-hydrogen) atoms. The van der Waals surface area contributed by atoms with Gasteiger partial charge in [-0.25, -0.2) is 0 Å². The van der Waals surface area contributed by atoms with E-state index in [0.29, 0.717) is 12.3 Å². The van der Waals surface area contributed by atoms with Crippen molar-refractivity contribution < 1.29 is 9.59 Å². The maximum atomic E-state index is 11.5. The van der Waals surface area contributed by atoms with Crippen molar-refractivity contribution in [2.75, 3.05) is 0 Å². The van der Waals surface area contributed by atoms with Gasteiger partial charge in [-0.2, -0.15) is 0 Å². The number of aldehydes is 1. The minimum Gasteiger partial charge on any atom is -0.303 e. The first-order valence-corrected chi connectivity index (χ1v) is 6.17. The number of hydrogen-bond donors (Lipinski definition) is 0. The van der Waals surface area contributed by atoms with Crippen molar-refractivity contribution in [3.05, 3.63) is 11.6 Å². The van der Waals surface area contributed by atoms with Gasteiger partial charge in [-0.15, -0.1) is 0 Å². The lowest BCUT2D eigenvalue weighted by atomic mass is 9.83. The number of hydrogen-bond acceptors (Lipinski definition) is 2. The van der Waals surface area contributed by atoms with Crippen LogP contribution in [0.25, 0.3) is 0 Å². The van der Waals surface area contributed by atoms with Crippen LogP contribution in [-0.4, -0.2) is 12.1 Å². The Morgan fingerprint density at radius 3 is 2.75 bits per heavy atom. The lowest BCUT2D eigenvalue weighted by Gasteiger charge is -2.21. The predicted octanol–water partition coefficient (Wildman–Crippen LogP) is 3.16. The molecule has 1 aliphatic rings. The molecular formula is C14H22O2. The molecule has 1 saturated carbocycles. The van der Waals surface area contributed by atoms with E-state index in [9.17, 15) is 9.59 Å². The molecule has 1 aliphatic carbocycles.